The first-order valence-electron chi connectivity index (χ1n) is 10.6. The Hall–Kier alpha value is -1.85. The van der Waals surface area contributed by atoms with Crippen molar-refractivity contribution in [2.24, 2.45) is 5.92 Å². The van der Waals surface area contributed by atoms with Crippen LogP contribution in [0.3, 0.4) is 0 Å². The third-order valence-corrected chi connectivity index (χ3v) is 5.84. The summed E-state index contributed by atoms with van der Waals surface area (Å²) in [5.74, 6) is 1.76. The van der Waals surface area contributed by atoms with Crippen molar-refractivity contribution in [3.63, 3.8) is 0 Å². The number of ether oxygens (including phenoxy) is 2. The van der Waals surface area contributed by atoms with Crippen molar-refractivity contribution in [1.82, 2.24) is 10.2 Å². The SMILES string of the molecule is COc1ccccc1C=CCN1CCC(CCC(=O)NCC2CCCO2)CC1. The zero-order chi connectivity index (χ0) is 19.6. The third-order valence-electron chi connectivity index (χ3n) is 5.84. The quantitative estimate of drug-likeness (QED) is 0.706. The number of nitrogens with one attached hydrogen (secondary N) is 1. The topological polar surface area (TPSA) is 50.8 Å². The van der Waals surface area contributed by atoms with Gasteiger partial charge in [-0.15, -0.1) is 0 Å². The Morgan fingerprint density at radius 1 is 1.29 bits per heavy atom. The minimum Gasteiger partial charge on any atom is -0.496 e. The number of benzene rings is 1. The molecule has 1 aromatic rings. The lowest BCUT2D eigenvalue weighted by Crippen LogP contribution is -2.35. The van der Waals surface area contributed by atoms with Crippen molar-refractivity contribution < 1.29 is 14.3 Å². The Balaban J connectivity index is 1.30. The molecule has 0 aromatic heterocycles. The lowest BCUT2D eigenvalue weighted by molar-refractivity contribution is -0.122. The van der Waals surface area contributed by atoms with Crippen molar-refractivity contribution in [3.8, 4) is 5.75 Å². The molecule has 2 heterocycles. The van der Waals surface area contributed by atoms with Crippen molar-refractivity contribution in [1.29, 1.82) is 0 Å². The van der Waals surface area contributed by atoms with Gasteiger partial charge in [0, 0.05) is 31.7 Å². The van der Waals surface area contributed by atoms with E-state index in [1.807, 2.05) is 18.2 Å². The van der Waals surface area contributed by atoms with Gasteiger partial charge in [0.15, 0.2) is 0 Å². The summed E-state index contributed by atoms with van der Waals surface area (Å²) in [6.07, 6.45) is 10.8. The van der Waals surface area contributed by atoms with Gasteiger partial charge in [0.2, 0.25) is 5.91 Å². The number of amides is 1. The zero-order valence-corrected chi connectivity index (χ0v) is 17.1. The van der Waals surface area contributed by atoms with Crippen LogP contribution < -0.4 is 10.1 Å². The Labute approximate surface area is 169 Å². The van der Waals surface area contributed by atoms with Crippen LogP contribution in [-0.4, -0.2) is 56.8 Å². The van der Waals surface area contributed by atoms with Crippen molar-refractivity contribution in [2.75, 3.05) is 39.9 Å². The summed E-state index contributed by atoms with van der Waals surface area (Å²) < 4.78 is 10.9. The highest BCUT2D eigenvalue weighted by atomic mass is 16.5. The molecule has 1 atom stereocenters. The summed E-state index contributed by atoms with van der Waals surface area (Å²) >= 11 is 0. The molecule has 1 unspecified atom stereocenters. The maximum absolute atomic E-state index is 12.0. The molecule has 28 heavy (non-hydrogen) atoms. The minimum absolute atomic E-state index is 0.178. The molecule has 2 saturated heterocycles. The van der Waals surface area contributed by atoms with Crippen LogP contribution >= 0.6 is 0 Å². The van der Waals surface area contributed by atoms with E-state index in [4.69, 9.17) is 9.47 Å². The first-order valence-corrected chi connectivity index (χ1v) is 10.6. The maximum Gasteiger partial charge on any atom is 0.220 e. The molecule has 1 amide bonds. The van der Waals surface area contributed by atoms with E-state index in [1.165, 1.54) is 12.8 Å². The van der Waals surface area contributed by atoms with E-state index in [1.54, 1.807) is 7.11 Å². The molecule has 2 aliphatic heterocycles. The summed E-state index contributed by atoms with van der Waals surface area (Å²) in [6, 6.07) is 8.09. The molecule has 1 aromatic carbocycles. The van der Waals surface area contributed by atoms with Gasteiger partial charge in [-0.25, -0.2) is 0 Å². The van der Waals surface area contributed by atoms with Gasteiger partial charge >= 0.3 is 0 Å². The van der Waals surface area contributed by atoms with E-state index in [0.29, 0.717) is 18.9 Å². The van der Waals surface area contributed by atoms with Crippen LogP contribution in [0, 0.1) is 5.92 Å². The molecular weight excluding hydrogens is 352 g/mol. The maximum atomic E-state index is 12.0. The first-order chi connectivity index (χ1) is 13.7. The Kier molecular flexibility index (Phi) is 8.37. The predicted octanol–water partition coefficient (Wildman–Crippen LogP) is 3.50. The highest BCUT2D eigenvalue weighted by Gasteiger charge is 2.20. The third kappa shape index (κ3) is 6.64. The molecule has 5 nitrogen and oxygen atoms in total. The first kappa shape index (κ1) is 20.9. The van der Waals surface area contributed by atoms with Gasteiger partial charge in [-0.2, -0.15) is 0 Å². The Morgan fingerprint density at radius 2 is 2.11 bits per heavy atom. The molecule has 3 rings (SSSR count). The molecule has 0 aliphatic carbocycles. The second kappa shape index (κ2) is 11.2. The van der Waals surface area contributed by atoms with E-state index >= 15 is 0 Å². The number of hydrogen-bond acceptors (Lipinski definition) is 4. The normalized spacial score (nSPS) is 21.2. The van der Waals surface area contributed by atoms with Crippen molar-refractivity contribution in [2.45, 2.75) is 44.6 Å². The number of nitrogens with zero attached hydrogens (tertiary/aromatic N) is 1. The van der Waals surface area contributed by atoms with Crippen LogP contribution in [0.1, 0.15) is 44.1 Å². The summed E-state index contributed by atoms with van der Waals surface area (Å²) in [5, 5.41) is 3.03. The van der Waals surface area contributed by atoms with Crippen LogP contribution in [0.5, 0.6) is 5.75 Å². The van der Waals surface area contributed by atoms with Gasteiger partial charge in [-0.1, -0.05) is 30.4 Å². The van der Waals surface area contributed by atoms with Gasteiger partial charge in [0.1, 0.15) is 5.75 Å². The van der Waals surface area contributed by atoms with E-state index in [-0.39, 0.29) is 12.0 Å². The molecule has 0 saturated carbocycles. The van der Waals surface area contributed by atoms with Gasteiger partial charge in [-0.05, 0) is 57.2 Å². The lowest BCUT2D eigenvalue weighted by Gasteiger charge is -2.31. The smallest absolute Gasteiger partial charge is 0.220 e. The monoisotopic (exact) mass is 386 g/mol. The average Bonchev–Trinajstić information content (AvgIpc) is 3.26. The van der Waals surface area contributed by atoms with E-state index in [2.05, 4.69) is 28.4 Å². The van der Waals surface area contributed by atoms with Crippen LogP contribution in [0.25, 0.3) is 6.08 Å². The molecule has 0 spiro atoms. The molecule has 154 valence electrons. The number of likely N-dealkylation sites (tertiary alicyclic amines) is 1. The van der Waals surface area contributed by atoms with Crippen molar-refractivity contribution in [3.05, 3.63) is 35.9 Å². The summed E-state index contributed by atoms with van der Waals surface area (Å²) in [5.41, 5.74) is 1.12. The fourth-order valence-electron chi connectivity index (χ4n) is 4.05. The zero-order valence-electron chi connectivity index (χ0n) is 17.1. The highest BCUT2D eigenvalue weighted by Crippen LogP contribution is 2.22. The molecular formula is C23H34N2O3. The van der Waals surface area contributed by atoms with E-state index in [0.717, 1.165) is 56.8 Å². The van der Waals surface area contributed by atoms with E-state index in [9.17, 15) is 4.79 Å². The molecule has 5 heteroatoms. The van der Waals surface area contributed by atoms with Gasteiger partial charge in [-0.3, -0.25) is 9.69 Å². The number of piperidine rings is 1. The molecule has 1 N–H and O–H groups in total. The highest BCUT2D eigenvalue weighted by molar-refractivity contribution is 5.75. The van der Waals surface area contributed by atoms with Crippen molar-refractivity contribution >= 4 is 12.0 Å². The Bertz CT molecular complexity index is 632. The Morgan fingerprint density at radius 3 is 2.86 bits per heavy atom. The van der Waals surface area contributed by atoms with E-state index < -0.39 is 0 Å². The van der Waals surface area contributed by atoms with Crippen LogP contribution in [-0.2, 0) is 9.53 Å². The number of hydrogen-bond donors (Lipinski definition) is 1. The molecule has 2 aliphatic rings. The minimum atomic E-state index is 0.178. The predicted molar refractivity (Wildman–Crippen MR) is 112 cm³/mol. The molecule has 0 radical (unpaired) electrons. The van der Waals surface area contributed by atoms with Gasteiger partial charge in [0.05, 0.1) is 13.2 Å². The summed E-state index contributed by atoms with van der Waals surface area (Å²) in [7, 11) is 1.71. The molecule has 2 fully saturated rings. The number of carbonyl (C=O) groups is 1. The second-order valence-corrected chi connectivity index (χ2v) is 7.87. The number of carbonyl (C=O) groups excluding carboxylic acids is 1. The fourth-order valence-corrected chi connectivity index (χ4v) is 4.05. The fraction of sp³-hybridized carbons (Fsp3) is 0.609. The average molecular weight is 387 g/mol. The van der Waals surface area contributed by atoms with Gasteiger partial charge in [0.25, 0.3) is 0 Å². The van der Waals surface area contributed by atoms with Crippen LogP contribution in [0.2, 0.25) is 0 Å². The summed E-state index contributed by atoms with van der Waals surface area (Å²) in [6.45, 7) is 4.70. The summed E-state index contributed by atoms with van der Waals surface area (Å²) in [4.78, 5) is 14.5. The number of methoxy groups -OCH3 is 1. The largest absolute Gasteiger partial charge is 0.496 e. The van der Waals surface area contributed by atoms with Crippen LogP contribution in [0.15, 0.2) is 30.3 Å². The number of para-hydroxylation sites is 1. The van der Waals surface area contributed by atoms with Gasteiger partial charge < -0.3 is 14.8 Å². The molecule has 0 bridgehead atoms. The standard InChI is InChI=1S/C23H34N2O3/c1-27-22-9-3-2-6-20(22)7-4-14-25-15-12-19(13-16-25)10-11-23(26)24-18-21-8-5-17-28-21/h2-4,6-7,9,19,21H,5,8,10-18H2,1H3,(H,24,26). The second-order valence-electron chi connectivity index (χ2n) is 7.87. The van der Waals surface area contributed by atoms with Crippen LogP contribution in [0.4, 0.5) is 0 Å². The lowest BCUT2D eigenvalue weighted by atomic mass is 9.92. The number of rotatable bonds is 9.